The molecular weight excluding hydrogens is 262 g/mol. The quantitative estimate of drug-likeness (QED) is 0.881. The van der Waals surface area contributed by atoms with Gasteiger partial charge in [-0.1, -0.05) is 18.2 Å². The third-order valence-corrected chi connectivity index (χ3v) is 3.50. The maximum absolute atomic E-state index is 12.4. The van der Waals surface area contributed by atoms with Crippen molar-refractivity contribution in [3.63, 3.8) is 0 Å². The highest BCUT2D eigenvalue weighted by Gasteiger charge is 2.18. The van der Waals surface area contributed by atoms with Gasteiger partial charge in [0.25, 0.3) is 5.91 Å². The summed E-state index contributed by atoms with van der Waals surface area (Å²) in [5.74, 6) is -0.0366. The van der Waals surface area contributed by atoms with Crippen LogP contribution in [0.1, 0.15) is 15.9 Å². The number of hydrogen-bond donors (Lipinski definition) is 1. The summed E-state index contributed by atoms with van der Waals surface area (Å²) in [6, 6.07) is 13.4. The Morgan fingerprint density at radius 1 is 1.00 bits per heavy atom. The Hall–Kier alpha value is -2.49. The molecule has 0 radical (unpaired) electrons. The van der Waals surface area contributed by atoms with Gasteiger partial charge >= 0.3 is 0 Å². The molecule has 0 fully saturated rings. The first kappa shape index (κ1) is 14.9. The fraction of sp³-hybridized carbons (Fsp3) is 0.235. The Morgan fingerprint density at radius 3 is 2.29 bits per heavy atom. The summed E-state index contributed by atoms with van der Waals surface area (Å²) in [5, 5.41) is 0. The normalized spacial score (nSPS) is 10.3. The molecule has 4 heteroatoms. The minimum atomic E-state index is -0.0366. The minimum Gasteiger partial charge on any atom is -0.399 e. The van der Waals surface area contributed by atoms with Crippen molar-refractivity contribution in [1.29, 1.82) is 0 Å². The highest BCUT2D eigenvalue weighted by molar-refractivity contribution is 6.01. The van der Waals surface area contributed by atoms with E-state index in [9.17, 15) is 4.79 Å². The number of hydrogen-bond acceptors (Lipinski definition) is 3. The van der Waals surface area contributed by atoms with Crippen LogP contribution in [0.15, 0.2) is 42.5 Å². The second kappa shape index (κ2) is 5.87. The van der Waals surface area contributed by atoms with Crippen molar-refractivity contribution < 1.29 is 4.79 Å². The van der Waals surface area contributed by atoms with E-state index in [-0.39, 0.29) is 5.91 Å². The molecule has 1 amide bonds. The monoisotopic (exact) mass is 283 g/mol. The summed E-state index contributed by atoms with van der Waals surface area (Å²) in [6.45, 7) is 2.05. The van der Waals surface area contributed by atoms with E-state index in [1.54, 1.807) is 31.1 Å². The van der Waals surface area contributed by atoms with E-state index < -0.39 is 0 Å². The third kappa shape index (κ3) is 2.99. The number of carbonyl (C=O) groups is 1. The zero-order chi connectivity index (χ0) is 15.6. The Balaban J connectivity index is 2.55. The van der Waals surface area contributed by atoms with E-state index in [0.29, 0.717) is 11.3 Å². The number of nitrogens with zero attached hydrogens (tertiary/aromatic N) is 2. The summed E-state index contributed by atoms with van der Waals surface area (Å²) in [6.07, 6.45) is 0. The molecule has 0 saturated heterocycles. The van der Waals surface area contributed by atoms with E-state index in [0.717, 1.165) is 16.9 Å². The average Bonchev–Trinajstić information content (AvgIpc) is 2.46. The molecule has 110 valence electrons. The molecule has 2 aromatic rings. The lowest BCUT2D eigenvalue weighted by Crippen LogP contribution is -2.24. The lowest BCUT2D eigenvalue weighted by Gasteiger charge is -2.25. The van der Waals surface area contributed by atoms with Crippen LogP contribution >= 0.6 is 0 Å². The van der Waals surface area contributed by atoms with Crippen molar-refractivity contribution in [3.8, 4) is 0 Å². The summed E-state index contributed by atoms with van der Waals surface area (Å²) in [5.41, 5.74) is 10.2. The lowest BCUT2D eigenvalue weighted by molar-refractivity contribution is 0.0828. The van der Waals surface area contributed by atoms with Crippen molar-refractivity contribution in [1.82, 2.24) is 4.90 Å². The number of para-hydroxylation sites is 1. The van der Waals surface area contributed by atoms with Crippen LogP contribution in [0.3, 0.4) is 0 Å². The molecule has 0 saturated carbocycles. The summed E-state index contributed by atoms with van der Waals surface area (Å²) >= 11 is 0. The van der Waals surface area contributed by atoms with Gasteiger partial charge in [-0.05, 0) is 36.8 Å². The standard InChI is InChI=1S/C17H21N3O/c1-12-7-5-6-8-15(12)20(4)16-11-13(18)9-10-14(16)17(21)19(2)3/h5-11H,18H2,1-4H3. The van der Waals surface area contributed by atoms with Crippen LogP contribution in [0.25, 0.3) is 0 Å². The number of nitrogen functional groups attached to an aromatic ring is 1. The van der Waals surface area contributed by atoms with E-state index in [1.807, 2.05) is 49.2 Å². The predicted octanol–water partition coefficient (Wildman–Crippen LogP) is 3.05. The molecule has 0 aromatic heterocycles. The van der Waals surface area contributed by atoms with E-state index in [1.165, 1.54) is 0 Å². The molecule has 21 heavy (non-hydrogen) atoms. The van der Waals surface area contributed by atoms with Crippen molar-refractivity contribution >= 4 is 23.0 Å². The molecule has 0 spiro atoms. The molecule has 0 aliphatic rings. The van der Waals surface area contributed by atoms with Gasteiger partial charge in [0.15, 0.2) is 0 Å². The Labute approximate surface area is 125 Å². The van der Waals surface area contributed by atoms with Crippen LogP contribution in [0, 0.1) is 6.92 Å². The maximum Gasteiger partial charge on any atom is 0.255 e. The maximum atomic E-state index is 12.4. The number of nitrogens with two attached hydrogens (primary N) is 1. The van der Waals surface area contributed by atoms with Crippen LogP contribution < -0.4 is 10.6 Å². The molecular formula is C17H21N3O. The summed E-state index contributed by atoms with van der Waals surface area (Å²) in [4.78, 5) is 15.9. The van der Waals surface area contributed by atoms with Crippen molar-refractivity contribution in [2.75, 3.05) is 31.8 Å². The fourth-order valence-electron chi connectivity index (χ4n) is 2.32. The smallest absolute Gasteiger partial charge is 0.255 e. The molecule has 0 bridgehead atoms. The SMILES string of the molecule is Cc1ccccc1N(C)c1cc(N)ccc1C(=O)N(C)C. The summed E-state index contributed by atoms with van der Waals surface area (Å²) < 4.78 is 0. The molecule has 0 aliphatic heterocycles. The van der Waals surface area contributed by atoms with Gasteiger partial charge in [0.2, 0.25) is 0 Å². The van der Waals surface area contributed by atoms with Gasteiger partial charge in [-0.3, -0.25) is 4.79 Å². The van der Waals surface area contributed by atoms with Crippen molar-refractivity contribution in [2.45, 2.75) is 6.92 Å². The highest BCUT2D eigenvalue weighted by atomic mass is 16.2. The second-order valence-electron chi connectivity index (χ2n) is 5.32. The third-order valence-electron chi connectivity index (χ3n) is 3.50. The number of benzene rings is 2. The molecule has 0 unspecified atom stereocenters. The predicted molar refractivity (Wildman–Crippen MR) is 88.1 cm³/mol. The zero-order valence-corrected chi connectivity index (χ0v) is 12.9. The van der Waals surface area contributed by atoms with Gasteiger partial charge in [0.1, 0.15) is 0 Å². The number of aryl methyl sites for hydroxylation is 1. The second-order valence-corrected chi connectivity index (χ2v) is 5.32. The largest absolute Gasteiger partial charge is 0.399 e. The Morgan fingerprint density at radius 2 is 1.67 bits per heavy atom. The molecule has 0 atom stereocenters. The molecule has 0 aliphatic carbocycles. The number of rotatable bonds is 3. The van der Waals surface area contributed by atoms with Crippen LogP contribution in [0.5, 0.6) is 0 Å². The first-order chi connectivity index (χ1) is 9.91. The average molecular weight is 283 g/mol. The van der Waals surface area contributed by atoms with Gasteiger partial charge in [0.05, 0.1) is 11.3 Å². The van der Waals surface area contributed by atoms with E-state index >= 15 is 0 Å². The van der Waals surface area contributed by atoms with Crippen LogP contribution in [0.2, 0.25) is 0 Å². The van der Waals surface area contributed by atoms with Crippen LogP contribution in [-0.4, -0.2) is 32.0 Å². The Bertz CT molecular complexity index is 665. The zero-order valence-electron chi connectivity index (χ0n) is 12.9. The molecule has 0 heterocycles. The van der Waals surface area contributed by atoms with Gasteiger partial charge < -0.3 is 15.5 Å². The van der Waals surface area contributed by atoms with E-state index in [4.69, 9.17) is 5.73 Å². The fourth-order valence-corrected chi connectivity index (χ4v) is 2.32. The van der Waals surface area contributed by atoms with Crippen molar-refractivity contribution in [2.24, 2.45) is 0 Å². The topological polar surface area (TPSA) is 49.6 Å². The van der Waals surface area contributed by atoms with Gasteiger partial charge in [-0.15, -0.1) is 0 Å². The van der Waals surface area contributed by atoms with Crippen LogP contribution in [0.4, 0.5) is 17.1 Å². The molecule has 2 rings (SSSR count). The minimum absolute atomic E-state index is 0.0366. The summed E-state index contributed by atoms with van der Waals surface area (Å²) in [7, 11) is 5.44. The Kier molecular flexibility index (Phi) is 4.17. The van der Waals surface area contributed by atoms with Gasteiger partial charge in [0, 0.05) is 32.5 Å². The number of carbonyl (C=O) groups excluding carboxylic acids is 1. The lowest BCUT2D eigenvalue weighted by atomic mass is 10.1. The highest BCUT2D eigenvalue weighted by Crippen LogP contribution is 2.31. The first-order valence-electron chi connectivity index (χ1n) is 6.82. The molecule has 4 nitrogen and oxygen atoms in total. The molecule has 2 aromatic carbocycles. The van der Waals surface area contributed by atoms with E-state index in [2.05, 4.69) is 0 Å². The number of anilines is 3. The van der Waals surface area contributed by atoms with Gasteiger partial charge in [-0.25, -0.2) is 0 Å². The molecule has 2 N–H and O–H groups in total. The number of amides is 1. The first-order valence-corrected chi connectivity index (χ1v) is 6.82. The van der Waals surface area contributed by atoms with Crippen LogP contribution in [-0.2, 0) is 0 Å². The van der Waals surface area contributed by atoms with Crippen molar-refractivity contribution in [3.05, 3.63) is 53.6 Å². The van der Waals surface area contributed by atoms with Gasteiger partial charge in [-0.2, -0.15) is 0 Å².